The minimum Gasteiger partial charge on any atom is -0.493 e. The van der Waals surface area contributed by atoms with Crippen molar-refractivity contribution in [2.24, 2.45) is 5.11 Å². The third-order valence-electron chi connectivity index (χ3n) is 2.18. The van der Waals surface area contributed by atoms with E-state index in [0.717, 1.165) is 6.08 Å². The van der Waals surface area contributed by atoms with Gasteiger partial charge in [-0.2, -0.15) is 0 Å². The molecule has 0 bridgehead atoms. The summed E-state index contributed by atoms with van der Waals surface area (Å²) in [6, 6.07) is 3.09. The number of carbonyl (C=O) groups is 1. The van der Waals surface area contributed by atoms with E-state index >= 15 is 0 Å². The highest BCUT2D eigenvalue weighted by molar-refractivity contribution is 6.34. The van der Waals surface area contributed by atoms with E-state index in [4.69, 9.17) is 31.7 Å². The lowest BCUT2D eigenvalue weighted by Crippen LogP contribution is -1.97. The van der Waals surface area contributed by atoms with Crippen LogP contribution < -0.4 is 9.47 Å². The van der Waals surface area contributed by atoms with Gasteiger partial charge in [0.05, 0.1) is 19.2 Å². The van der Waals surface area contributed by atoms with Crippen molar-refractivity contribution < 1.29 is 19.4 Å². The van der Waals surface area contributed by atoms with Crippen LogP contribution in [0.25, 0.3) is 16.5 Å². The molecule has 1 aromatic rings. The Bertz CT molecular complexity index is 576. The normalized spacial score (nSPS) is 10.6. The van der Waals surface area contributed by atoms with E-state index in [9.17, 15) is 4.79 Å². The predicted octanol–water partition coefficient (Wildman–Crippen LogP) is 3.09. The first-order valence-corrected chi connectivity index (χ1v) is 5.33. The van der Waals surface area contributed by atoms with E-state index in [1.807, 2.05) is 0 Å². The number of halogens is 1. The van der Waals surface area contributed by atoms with Crippen molar-refractivity contribution in [2.75, 3.05) is 14.2 Å². The molecule has 0 spiro atoms. The molecule has 1 aromatic carbocycles. The Kier molecular flexibility index (Phi) is 5.05. The van der Waals surface area contributed by atoms with Gasteiger partial charge in [0.15, 0.2) is 11.5 Å². The number of rotatable bonds is 5. The smallest absolute Gasteiger partial charge is 0.338 e. The third kappa shape index (κ3) is 3.31. The van der Waals surface area contributed by atoms with E-state index in [0.29, 0.717) is 11.3 Å². The van der Waals surface area contributed by atoms with Gasteiger partial charge >= 0.3 is 5.97 Å². The number of carboxylic acid groups (broad SMARTS) is 1. The van der Waals surface area contributed by atoms with Crippen molar-refractivity contribution in [1.82, 2.24) is 0 Å². The zero-order chi connectivity index (χ0) is 14.4. The first-order valence-electron chi connectivity index (χ1n) is 4.95. The largest absolute Gasteiger partial charge is 0.493 e. The number of benzene rings is 1. The fourth-order valence-corrected chi connectivity index (χ4v) is 1.63. The summed E-state index contributed by atoms with van der Waals surface area (Å²) in [7, 11) is 2.86. The van der Waals surface area contributed by atoms with Crippen LogP contribution in [0, 0.1) is 0 Å². The molecule has 0 aliphatic heterocycles. The first-order chi connectivity index (χ1) is 9.04. The fraction of sp³-hybridized carbons (Fsp3) is 0.182. The standard InChI is InChI=1S/C11H10ClN3O4/c1-18-8-4-3-6(9(12)10(8)19-2)5-7(11(16)17)14-15-13/h3-5H,1-2H3,(H,16,17). The molecule has 0 fully saturated rings. The maximum Gasteiger partial charge on any atom is 0.338 e. The van der Waals surface area contributed by atoms with Gasteiger partial charge in [-0.1, -0.05) is 16.7 Å². The van der Waals surface area contributed by atoms with Crippen LogP contribution in [0.2, 0.25) is 5.02 Å². The molecular weight excluding hydrogens is 274 g/mol. The van der Waals surface area contributed by atoms with Crippen LogP contribution in [-0.2, 0) is 4.79 Å². The zero-order valence-electron chi connectivity index (χ0n) is 10.1. The molecule has 1 rings (SSSR count). The summed E-state index contributed by atoms with van der Waals surface area (Å²) >= 11 is 6.06. The molecule has 7 nitrogen and oxygen atoms in total. The Morgan fingerprint density at radius 3 is 2.63 bits per heavy atom. The third-order valence-corrected chi connectivity index (χ3v) is 2.57. The van der Waals surface area contributed by atoms with E-state index < -0.39 is 11.7 Å². The predicted molar refractivity (Wildman–Crippen MR) is 69.3 cm³/mol. The Labute approximate surface area is 113 Å². The highest BCUT2D eigenvalue weighted by Crippen LogP contribution is 2.38. The maximum atomic E-state index is 10.9. The van der Waals surface area contributed by atoms with Gasteiger partial charge in [-0.15, -0.1) is 0 Å². The Morgan fingerprint density at radius 2 is 2.16 bits per heavy atom. The van der Waals surface area contributed by atoms with Crippen LogP contribution in [0.1, 0.15) is 5.56 Å². The molecule has 0 aliphatic carbocycles. The van der Waals surface area contributed by atoms with Crippen LogP contribution in [0.3, 0.4) is 0 Å². The fourth-order valence-electron chi connectivity index (χ4n) is 1.34. The number of ether oxygens (including phenoxy) is 2. The van der Waals surface area contributed by atoms with Crippen LogP contribution in [0.4, 0.5) is 0 Å². The van der Waals surface area contributed by atoms with Gasteiger partial charge < -0.3 is 14.6 Å². The second-order valence-corrected chi connectivity index (χ2v) is 3.61. The molecular formula is C11H10ClN3O4. The summed E-state index contributed by atoms with van der Waals surface area (Å²) in [5, 5.41) is 12.1. The summed E-state index contributed by atoms with van der Waals surface area (Å²) in [4.78, 5) is 13.3. The first kappa shape index (κ1) is 14.7. The van der Waals surface area contributed by atoms with Gasteiger partial charge in [0.2, 0.25) is 0 Å². The van der Waals surface area contributed by atoms with Crippen molar-refractivity contribution in [3.8, 4) is 11.5 Å². The summed E-state index contributed by atoms with van der Waals surface area (Å²) < 4.78 is 10.1. The van der Waals surface area contributed by atoms with Crippen molar-refractivity contribution in [3.63, 3.8) is 0 Å². The maximum absolute atomic E-state index is 10.9. The molecule has 8 heteroatoms. The summed E-state index contributed by atoms with van der Waals surface area (Å²) in [5.41, 5.74) is 8.15. The van der Waals surface area contributed by atoms with Gasteiger partial charge in [0.1, 0.15) is 5.70 Å². The molecule has 0 aliphatic rings. The van der Waals surface area contributed by atoms with Crippen molar-refractivity contribution in [3.05, 3.63) is 38.9 Å². The SMILES string of the molecule is COc1ccc(C=C(N=[N+]=[N-])C(=O)O)c(Cl)c1OC. The zero-order valence-corrected chi connectivity index (χ0v) is 10.9. The molecule has 0 radical (unpaired) electrons. The monoisotopic (exact) mass is 283 g/mol. The second kappa shape index (κ2) is 6.53. The molecule has 100 valence electrons. The van der Waals surface area contributed by atoms with Gasteiger partial charge in [-0.3, -0.25) is 0 Å². The molecule has 0 saturated heterocycles. The van der Waals surface area contributed by atoms with Crippen LogP contribution in [0.5, 0.6) is 11.5 Å². The quantitative estimate of drug-likeness (QED) is 0.388. The van der Waals surface area contributed by atoms with Crippen LogP contribution in [0.15, 0.2) is 22.9 Å². The minimum atomic E-state index is -1.36. The molecule has 0 heterocycles. The van der Waals surface area contributed by atoms with Gasteiger partial charge in [0.25, 0.3) is 0 Å². The topological polar surface area (TPSA) is 105 Å². The van der Waals surface area contributed by atoms with E-state index in [2.05, 4.69) is 10.0 Å². The van der Waals surface area contributed by atoms with E-state index in [1.165, 1.54) is 20.3 Å². The second-order valence-electron chi connectivity index (χ2n) is 3.23. The average Bonchev–Trinajstić information content (AvgIpc) is 2.39. The minimum absolute atomic E-state index is 0.161. The Balaban J connectivity index is 3.40. The van der Waals surface area contributed by atoms with Crippen molar-refractivity contribution >= 4 is 23.6 Å². The Hall–Kier alpha value is -2.37. The number of carboxylic acids is 1. The molecule has 0 amide bonds. The van der Waals surface area contributed by atoms with Gasteiger partial charge in [-0.25, -0.2) is 4.79 Å². The lowest BCUT2D eigenvalue weighted by molar-refractivity contribution is -0.132. The van der Waals surface area contributed by atoms with Gasteiger partial charge in [-0.05, 0) is 29.3 Å². The van der Waals surface area contributed by atoms with Crippen LogP contribution >= 0.6 is 11.6 Å². The van der Waals surface area contributed by atoms with Gasteiger partial charge in [0, 0.05) is 4.91 Å². The summed E-state index contributed by atoms with van der Waals surface area (Å²) in [6.45, 7) is 0. The lowest BCUT2D eigenvalue weighted by Gasteiger charge is -2.11. The van der Waals surface area contributed by atoms with Crippen molar-refractivity contribution in [2.45, 2.75) is 0 Å². The summed E-state index contributed by atoms with van der Waals surface area (Å²) in [6.07, 6.45) is 1.15. The number of hydrogen-bond donors (Lipinski definition) is 1. The molecule has 19 heavy (non-hydrogen) atoms. The van der Waals surface area contributed by atoms with E-state index in [-0.39, 0.29) is 10.8 Å². The number of azide groups is 1. The molecule has 0 atom stereocenters. The molecule has 0 saturated carbocycles. The average molecular weight is 284 g/mol. The number of hydrogen-bond acceptors (Lipinski definition) is 4. The highest BCUT2D eigenvalue weighted by atomic mass is 35.5. The van der Waals surface area contributed by atoms with Crippen molar-refractivity contribution in [1.29, 1.82) is 0 Å². The van der Waals surface area contributed by atoms with Crippen LogP contribution in [-0.4, -0.2) is 25.3 Å². The lowest BCUT2D eigenvalue weighted by atomic mass is 10.1. The molecule has 0 aromatic heterocycles. The number of nitrogens with zero attached hydrogens (tertiary/aromatic N) is 3. The number of methoxy groups -OCH3 is 2. The van der Waals surface area contributed by atoms with E-state index in [1.54, 1.807) is 6.07 Å². The molecule has 0 unspecified atom stereocenters. The summed E-state index contributed by atoms with van der Waals surface area (Å²) in [5.74, 6) is -0.683. The Morgan fingerprint density at radius 1 is 1.47 bits per heavy atom. The number of aliphatic carboxylic acids is 1. The highest BCUT2D eigenvalue weighted by Gasteiger charge is 2.13. The molecule has 1 N–H and O–H groups in total.